The zero-order valence-electron chi connectivity index (χ0n) is 12.4. The van der Waals surface area contributed by atoms with Crippen molar-refractivity contribution in [3.05, 3.63) is 71.8 Å². The first kappa shape index (κ1) is 15.1. The number of ether oxygens (including phenoxy) is 1. The Morgan fingerprint density at radius 3 is 2.09 bits per heavy atom. The van der Waals surface area contributed by atoms with Crippen molar-refractivity contribution in [2.75, 3.05) is 12.4 Å². The third-order valence-corrected chi connectivity index (χ3v) is 4.78. The Morgan fingerprint density at radius 2 is 1.64 bits per heavy atom. The monoisotopic (exact) mass is 359 g/mol. The zero-order chi connectivity index (χ0) is 15.4. The largest absolute Gasteiger partial charge is 0.473 e. The molecule has 22 heavy (non-hydrogen) atoms. The van der Waals surface area contributed by atoms with Gasteiger partial charge in [0.25, 0.3) is 0 Å². The number of rotatable bonds is 4. The van der Waals surface area contributed by atoms with E-state index in [1.54, 1.807) is 7.11 Å². The van der Waals surface area contributed by atoms with E-state index in [1.807, 2.05) is 36.4 Å². The summed E-state index contributed by atoms with van der Waals surface area (Å²) in [5.41, 5.74) is 1.93. The molecule has 1 aliphatic rings. The van der Waals surface area contributed by atoms with Gasteiger partial charge >= 0.3 is 0 Å². The van der Waals surface area contributed by atoms with Crippen LogP contribution in [0, 0.1) is 0 Å². The highest BCUT2D eigenvalue weighted by atomic mass is 79.9. The second kappa shape index (κ2) is 6.53. The normalized spacial score (nSPS) is 21.5. The van der Waals surface area contributed by atoms with Gasteiger partial charge in [-0.25, -0.2) is 0 Å². The quantitative estimate of drug-likeness (QED) is 0.607. The molecular weight excluding hydrogens is 342 g/mol. The van der Waals surface area contributed by atoms with Gasteiger partial charge in [-0.2, -0.15) is 0 Å². The summed E-state index contributed by atoms with van der Waals surface area (Å²) < 4.78 is 6.05. The lowest BCUT2D eigenvalue weighted by molar-refractivity contribution is 0.182. The van der Waals surface area contributed by atoms with Crippen molar-refractivity contribution in [3.63, 3.8) is 0 Å². The van der Waals surface area contributed by atoms with Gasteiger partial charge < -0.3 is 9.57 Å². The van der Waals surface area contributed by atoms with E-state index in [1.165, 1.54) is 11.1 Å². The van der Waals surface area contributed by atoms with E-state index in [2.05, 4.69) is 45.4 Å². The Labute approximate surface area is 139 Å². The number of benzene rings is 2. The second-order valence-corrected chi connectivity index (χ2v) is 5.96. The van der Waals surface area contributed by atoms with Crippen LogP contribution in [0.15, 0.2) is 65.8 Å². The molecule has 3 rings (SSSR count). The topological polar surface area (TPSA) is 30.8 Å². The van der Waals surface area contributed by atoms with E-state index in [9.17, 15) is 0 Å². The molecule has 0 N–H and O–H groups in total. The summed E-state index contributed by atoms with van der Waals surface area (Å²) in [4.78, 5) is 5.06. The van der Waals surface area contributed by atoms with Gasteiger partial charge in [-0.1, -0.05) is 81.7 Å². The molecular formula is C18H18BrNO2. The molecule has 0 amide bonds. The van der Waals surface area contributed by atoms with E-state index in [0.29, 0.717) is 5.90 Å². The summed E-state index contributed by atoms with van der Waals surface area (Å²) in [6, 6.07) is 20.7. The van der Waals surface area contributed by atoms with E-state index in [-0.39, 0.29) is 6.10 Å². The maximum Gasteiger partial charge on any atom is 0.241 e. The maximum atomic E-state index is 6.05. The standard InChI is InChI=1S/C18H18BrNO2/c1-21-20-17-18(12-16(13-19)22-17,14-8-4-2-5-9-14)15-10-6-3-7-11-15/h2-11,16H,12-13H2,1H3/b20-17-. The Morgan fingerprint density at radius 1 is 1.09 bits per heavy atom. The molecule has 0 spiro atoms. The van der Waals surface area contributed by atoms with Crippen molar-refractivity contribution in [3.8, 4) is 0 Å². The summed E-state index contributed by atoms with van der Waals surface area (Å²) in [5.74, 6) is 0.622. The van der Waals surface area contributed by atoms with Crippen LogP contribution in [-0.2, 0) is 15.0 Å². The first-order valence-corrected chi connectivity index (χ1v) is 8.38. The third kappa shape index (κ3) is 2.52. The van der Waals surface area contributed by atoms with Crippen molar-refractivity contribution in [2.24, 2.45) is 5.16 Å². The molecule has 0 aromatic heterocycles. The number of hydrogen-bond donors (Lipinski definition) is 0. The number of nitrogens with zero attached hydrogens (tertiary/aromatic N) is 1. The molecule has 114 valence electrons. The van der Waals surface area contributed by atoms with Crippen molar-refractivity contribution < 1.29 is 9.57 Å². The van der Waals surface area contributed by atoms with Gasteiger partial charge in [0.2, 0.25) is 5.90 Å². The minimum Gasteiger partial charge on any atom is -0.473 e. The third-order valence-electron chi connectivity index (χ3n) is 4.06. The van der Waals surface area contributed by atoms with Crippen LogP contribution < -0.4 is 0 Å². The highest BCUT2D eigenvalue weighted by Gasteiger charge is 2.50. The van der Waals surface area contributed by atoms with Crippen LogP contribution in [0.2, 0.25) is 0 Å². The molecule has 1 aliphatic heterocycles. The maximum absolute atomic E-state index is 6.05. The average molecular weight is 360 g/mol. The first-order chi connectivity index (χ1) is 10.8. The van der Waals surface area contributed by atoms with E-state index >= 15 is 0 Å². The summed E-state index contributed by atoms with van der Waals surface area (Å²) in [7, 11) is 1.55. The van der Waals surface area contributed by atoms with Crippen molar-refractivity contribution >= 4 is 21.8 Å². The van der Waals surface area contributed by atoms with Gasteiger partial charge in [0.1, 0.15) is 18.6 Å². The highest BCUT2D eigenvalue weighted by Crippen LogP contribution is 2.44. The molecule has 0 radical (unpaired) electrons. The highest BCUT2D eigenvalue weighted by molar-refractivity contribution is 9.09. The fraction of sp³-hybridized carbons (Fsp3) is 0.278. The molecule has 0 aliphatic carbocycles. The van der Waals surface area contributed by atoms with E-state index in [4.69, 9.17) is 9.57 Å². The fourth-order valence-corrected chi connectivity index (χ4v) is 3.45. The van der Waals surface area contributed by atoms with Crippen LogP contribution >= 0.6 is 15.9 Å². The fourth-order valence-electron chi connectivity index (χ4n) is 3.09. The molecule has 2 aromatic rings. The molecule has 0 bridgehead atoms. The van der Waals surface area contributed by atoms with Crippen molar-refractivity contribution in [2.45, 2.75) is 17.9 Å². The average Bonchev–Trinajstić information content (AvgIpc) is 2.97. The number of halogens is 1. The van der Waals surface area contributed by atoms with Gasteiger partial charge in [-0.05, 0) is 11.1 Å². The summed E-state index contributed by atoms with van der Waals surface area (Å²) in [6.07, 6.45) is 0.892. The van der Waals surface area contributed by atoms with Crippen LogP contribution in [0.4, 0.5) is 0 Å². The molecule has 1 heterocycles. The zero-order valence-corrected chi connectivity index (χ0v) is 14.0. The van der Waals surface area contributed by atoms with Gasteiger partial charge in [0.05, 0.1) is 0 Å². The second-order valence-electron chi connectivity index (χ2n) is 5.31. The lowest BCUT2D eigenvalue weighted by Gasteiger charge is -2.28. The van der Waals surface area contributed by atoms with Gasteiger partial charge in [-0.3, -0.25) is 0 Å². The molecule has 3 nitrogen and oxygen atoms in total. The Hall–Kier alpha value is -1.81. The van der Waals surface area contributed by atoms with Crippen LogP contribution in [0.1, 0.15) is 17.5 Å². The van der Waals surface area contributed by atoms with Crippen molar-refractivity contribution in [1.82, 2.24) is 0 Å². The Bertz CT molecular complexity index is 603. The summed E-state index contributed by atoms with van der Waals surface area (Å²) in [6.45, 7) is 0. The van der Waals surface area contributed by atoms with Crippen molar-refractivity contribution in [1.29, 1.82) is 0 Å². The van der Waals surface area contributed by atoms with Gasteiger partial charge in [0, 0.05) is 11.8 Å². The predicted octanol–water partition coefficient (Wildman–Crippen LogP) is 4.12. The number of alkyl halides is 1. The van der Waals surface area contributed by atoms with Gasteiger partial charge in [0.15, 0.2) is 0 Å². The lowest BCUT2D eigenvalue weighted by Crippen LogP contribution is -2.33. The molecule has 1 fully saturated rings. The predicted molar refractivity (Wildman–Crippen MR) is 91.4 cm³/mol. The molecule has 1 unspecified atom stereocenters. The van der Waals surface area contributed by atoms with Crippen LogP contribution in [0.5, 0.6) is 0 Å². The van der Waals surface area contributed by atoms with E-state index < -0.39 is 5.41 Å². The Balaban J connectivity index is 2.21. The molecule has 1 saturated heterocycles. The van der Waals surface area contributed by atoms with Crippen LogP contribution in [0.25, 0.3) is 0 Å². The van der Waals surface area contributed by atoms with Gasteiger partial charge in [-0.15, -0.1) is 0 Å². The number of oxime groups is 1. The molecule has 0 saturated carbocycles. The smallest absolute Gasteiger partial charge is 0.241 e. The minimum atomic E-state index is -0.406. The summed E-state index contributed by atoms with van der Waals surface area (Å²) >= 11 is 3.53. The van der Waals surface area contributed by atoms with Crippen LogP contribution in [0.3, 0.4) is 0 Å². The Kier molecular flexibility index (Phi) is 4.48. The molecule has 1 atom stereocenters. The molecule has 4 heteroatoms. The van der Waals surface area contributed by atoms with Crippen LogP contribution in [-0.4, -0.2) is 24.4 Å². The van der Waals surface area contributed by atoms with E-state index in [0.717, 1.165) is 11.8 Å². The number of hydrogen-bond acceptors (Lipinski definition) is 3. The summed E-state index contributed by atoms with van der Waals surface area (Å²) in [5, 5.41) is 4.96. The first-order valence-electron chi connectivity index (χ1n) is 7.26. The minimum absolute atomic E-state index is 0.0642. The molecule has 2 aromatic carbocycles. The lowest BCUT2D eigenvalue weighted by atomic mass is 9.72. The SMILES string of the molecule is CO/N=C1\OC(CBr)CC1(c1ccccc1)c1ccccc1.